The van der Waals surface area contributed by atoms with Gasteiger partial charge in [0.15, 0.2) is 0 Å². The molecule has 0 spiro atoms. The lowest BCUT2D eigenvalue weighted by Crippen LogP contribution is -2.18. The average molecular weight is 246 g/mol. The maximum absolute atomic E-state index is 5.54. The number of aryl methyl sites for hydroxylation is 1. The molecule has 2 heterocycles. The zero-order chi connectivity index (χ0) is 13.0. The van der Waals surface area contributed by atoms with E-state index in [1.807, 2.05) is 38.1 Å². The number of aromatic nitrogens is 2. The van der Waals surface area contributed by atoms with Crippen molar-refractivity contribution in [1.82, 2.24) is 15.3 Å². The highest BCUT2D eigenvalue weighted by Gasteiger charge is 2.06. The molecule has 2 aromatic rings. The third kappa shape index (κ3) is 3.07. The SMILES string of the molecule is CNCc1cnc(N(C)Cc2ccc(C)o2)cn1. The summed E-state index contributed by atoms with van der Waals surface area (Å²) in [6.07, 6.45) is 3.57. The minimum Gasteiger partial charge on any atom is -0.464 e. The fourth-order valence-electron chi connectivity index (χ4n) is 1.70. The first-order valence-electron chi connectivity index (χ1n) is 5.91. The number of anilines is 1. The molecule has 0 aromatic carbocycles. The Kier molecular flexibility index (Phi) is 3.94. The molecule has 0 bridgehead atoms. The molecule has 0 aliphatic carbocycles. The van der Waals surface area contributed by atoms with Crippen molar-refractivity contribution in [2.75, 3.05) is 19.0 Å². The van der Waals surface area contributed by atoms with Gasteiger partial charge in [-0.1, -0.05) is 0 Å². The lowest BCUT2D eigenvalue weighted by atomic mass is 10.4. The molecule has 18 heavy (non-hydrogen) atoms. The minimum absolute atomic E-state index is 0.688. The number of furan rings is 1. The lowest BCUT2D eigenvalue weighted by Gasteiger charge is -2.16. The summed E-state index contributed by atoms with van der Waals surface area (Å²) in [6.45, 7) is 3.36. The average Bonchev–Trinajstić information content (AvgIpc) is 2.76. The van der Waals surface area contributed by atoms with E-state index in [-0.39, 0.29) is 0 Å². The number of hydrogen-bond acceptors (Lipinski definition) is 5. The van der Waals surface area contributed by atoms with Crippen molar-refractivity contribution >= 4 is 5.82 Å². The molecular formula is C13H18N4O. The Morgan fingerprint density at radius 3 is 2.67 bits per heavy atom. The largest absolute Gasteiger partial charge is 0.464 e. The second kappa shape index (κ2) is 5.64. The monoisotopic (exact) mass is 246 g/mol. The summed E-state index contributed by atoms with van der Waals surface area (Å²) in [7, 11) is 3.86. The highest BCUT2D eigenvalue weighted by molar-refractivity contribution is 5.35. The van der Waals surface area contributed by atoms with Crippen LogP contribution in [-0.2, 0) is 13.1 Å². The molecule has 0 saturated carbocycles. The van der Waals surface area contributed by atoms with E-state index in [1.165, 1.54) is 0 Å². The number of nitrogens with one attached hydrogen (secondary N) is 1. The molecule has 2 aromatic heterocycles. The summed E-state index contributed by atoms with van der Waals surface area (Å²) in [6, 6.07) is 3.94. The molecule has 0 atom stereocenters. The molecule has 5 heteroatoms. The van der Waals surface area contributed by atoms with Crippen molar-refractivity contribution in [3.63, 3.8) is 0 Å². The van der Waals surface area contributed by atoms with Crippen molar-refractivity contribution < 1.29 is 4.42 Å². The van der Waals surface area contributed by atoms with E-state index in [0.29, 0.717) is 6.54 Å². The summed E-state index contributed by atoms with van der Waals surface area (Å²) in [5, 5.41) is 3.04. The summed E-state index contributed by atoms with van der Waals surface area (Å²) < 4.78 is 5.54. The summed E-state index contributed by atoms with van der Waals surface area (Å²) in [5.41, 5.74) is 0.934. The van der Waals surface area contributed by atoms with Crippen molar-refractivity contribution in [3.05, 3.63) is 41.7 Å². The molecular weight excluding hydrogens is 228 g/mol. The highest BCUT2D eigenvalue weighted by Crippen LogP contribution is 2.13. The Labute approximate surface area is 107 Å². The van der Waals surface area contributed by atoms with Gasteiger partial charge in [-0.25, -0.2) is 4.98 Å². The zero-order valence-corrected chi connectivity index (χ0v) is 11.0. The predicted octanol–water partition coefficient (Wildman–Crippen LogP) is 1.73. The van der Waals surface area contributed by atoms with Gasteiger partial charge in [-0.05, 0) is 26.1 Å². The van der Waals surface area contributed by atoms with Gasteiger partial charge in [-0.3, -0.25) is 4.98 Å². The van der Waals surface area contributed by atoms with E-state index in [1.54, 1.807) is 12.4 Å². The van der Waals surface area contributed by atoms with Gasteiger partial charge in [-0.15, -0.1) is 0 Å². The van der Waals surface area contributed by atoms with Crippen LogP contribution >= 0.6 is 0 Å². The molecule has 0 aliphatic rings. The third-order valence-corrected chi connectivity index (χ3v) is 2.63. The van der Waals surface area contributed by atoms with Crippen LogP contribution in [0.4, 0.5) is 5.82 Å². The quantitative estimate of drug-likeness (QED) is 0.870. The Bertz CT molecular complexity index is 492. The number of nitrogens with zero attached hydrogens (tertiary/aromatic N) is 3. The Balaban J connectivity index is 2.02. The number of rotatable bonds is 5. The van der Waals surface area contributed by atoms with E-state index in [0.717, 1.165) is 29.6 Å². The zero-order valence-electron chi connectivity index (χ0n) is 11.0. The summed E-state index contributed by atoms with van der Waals surface area (Å²) >= 11 is 0. The van der Waals surface area contributed by atoms with Gasteiger partial charge in [0.2, 0.25) is 0 Å². The second-order valence-electron chi connectivity index (χ2n) is 4.26. The normalized spacial score (nSPS) is 10.6. The number of hydrogen-bond donors (Lipinski definition) is 1. The van der Waals surface area contributed by atoms with Crippen LogP contribution in [0.1, 0.15) is 17.2 Å². The van der Waals surface area contributed by atoms with E-state index >= 15 is 0 Å². The Morgan fingerprint density at radius 2 is 2.11 bits per heavy atom. The van der Waals surface area contributed by atoms with Crippen LogP contribution in [-0.4, -0.2) is 24.1 Å². The lowest BCUT2D eigenvalue weighted by molar-refractivity contribution is 0.481. The van der Waals surface area contributed by atoms with E-state index in [2.05, 4.69) is 15.3 Å². The Morgan fingerprint density at radius 1 is 1.28 bits per heavy atom. The first-order valence-corrected chi connectivity index (χ1v) is 5.91. The van der Waals surface area contributed by atoms with E-state index < -0.39 is 0 Å². The van der Waals surface area contributed by atoms with Gasteiger partial charge in [0, 0.05) is 13.6 Å². The first kappa shape index (κ1) is 12.6. The standard InChI is InChI=1S/C13H18N4O/c1-10-4-5-12(18-10)9-17(3)13-8-15-11(6-14-2)7-16-13/h4-5,7-8,14H,6,9H2,1-3H3. The smallest absolute Gasteiger partial charge is 0.147 e. The van der Waals surface area contributed by atoms with Crippen molar-refractivity contribution in [2.24, 2.45) is 0 Å². The fraction of sp³-hybridized carbons (Fsp3) is 0.385. The second-order valence-corrected chi connectivity index (χ2v) is 4.26. The maximum Gasteiger partial charge on any atom is 0.147 e. The molecule has 1 N–H and O–H groups in total. The van der Waals surface area contributed by atoms with Gasteiger partial charge < -0.3 is 14.6 Å². The van der Waals surface area contributed by atoms with Crippen LogP contribution in [0.3, 0.4) is 0 Å². The van der Waals surface area contributed by atoms with Crippen molar-refractivity contribution in [3.8, 4) is 0 Å². The predicted molar refractivity (Wildman–Crippen MR) is 70.3 cm³/mol. The van der Waals surface area contributed by atoms with Gasteiger partial charge in [0.1, 0.15) is 17.3 Å². The van der Waals surface area contributed by atoms with Crippen LogP contribution in [0.25, 0.3) is 0 Å². The molecule has 0 radical (unpaired) electrons. The van der Waals surface area contributed by atoms with Gasteiger partial charge in [0.25, 0.3) is 0 Å². The molecule has 0 aliphatic heterocycles. The van der Waals surface area contributed by atoms with Crippen LogP contribution in [0.15, 0.2) is 28.9 Å². The molecule has 96 valence electrons. The molecule has 0 fully saturated rings. The highest BCUT2D eigenvalue weighted by atomic mass is 16.3. The van der Waals surface area contributed by atoms with Crippen LogP contribution in [0.5, 0.6) is 0 Å². The van der Waals surface area contributed by atoms with E-state index in [4.69, 9.17) is 4.42 Å². The van der Waals surface area contributed by atoms with Crippen molar-refractivity contribution in [1.29, 1.82) is 0 Å². The molecule has 2 rings (SSSR count). The van der Waals surface area contributed by atoms with Crippen molar-refractivity contribution in [2.45, 2.75) is 20.0 Å². The van der Waals surface area contributed by atoms with E-state index in [9.17, 15) is 0 Å². The van der Waals surface area contributed by atoms with Gasteiger partial charge in [0.05, 0.1) is 24.6 Å². The van der Waals surface area contributed by atoms with Crippen LogP contribution < -0.4 is 10.2 Å². The van der Waals surface area contributed by atoms with Crippen LogP contribution in [0, 0.1) is 6.92 Å². The summed E-state index contributed by atoms with van der Waals surface area (Å²) in [5.74, 6) is 2.69. The summed E-state index contributed by atoms with van der Waals surface area (Å²) in [4.78, 5) is 10.7. The molecule has 0 amide bonds. The third-order valence-electron chi connectivity index (χ3n) is 2.63. The van der Waals surface area contributed by atoms with Crippen LogP contribution in [0.2, 0.25) is 0 Å². The fourth-order valence-corrected chi connectivity index (χ4v) is 1.70. The minimum atomic E-state index is 0.688. The maximum atomic E-state index is 5.54. The molecule has 0 saturated heterocycles. The first-order chi connectivity index (χ1) is 8.69. The van der Waals surface area contributed by atoms with Gasteiger partial charge >= 0.3 is 0 Å². The Hall–Kier alpha value is -1.88. The topological polar surface area (TPSA) is 54.2 Å². The molecule has 5 nitrogen and oxygen atoms in total. The molecule has 0 unspecified atom stereocenters. The van der Waals surface area contributed by atoms with Gasteiger partial charge in [-0.2, -0.15) is 0 Å².